The molecular formula is C19H20ClF3N2O2S. The Balaban J connectivity index is 0.00000225. The molecule has 2 heterocycles. The predicted octanol–water partition coefficient (Wildman–Crippen LogP) is 3.45. The van der Waals surface area contributed by atoms with Gasteiger partial charge in [-0.25, -0.2) is 21.6 Å². The summed E-state index contributed by atoms with van der Waals surface area (Å²) in [5, 5.41) is 0. The van der Waals surface area contributed by atoms with E-state index in [4.69, 9.17) is 0 Å². The molecule has 2 aliphatic rings. The molecule has 4 rings (SSSR count). The minimum atomic E-state index is -3.92. The SMILES string of the molecule is CN1C[C@H]2CN(S(=O)(=O)c3ccc(F)c(F)c3)C[C@H]2[C@@H]1c1cccc(F)c1.Cl. The lowest BCUT2D eigenvalue weighted by Crippen LogP contribution is -2.33. The Bertz CT molecular complexity index is 989. The number of rotatable bonds is 3. The van der Waals surface area contributed by atoms with Gasteiger partial charge in [-0.1, -0.05) is 12.1 Å². The van der Waals surface area contributed by atoms with Crippen LogP contribution in [0.2, 0.25) is 0 Å². The third-order valence-corrected chi connectivity index (χ3v) is 7.41. The van der Waals surface area contributed by atoms with Crippen molar-refractivity contribution in [3.63, 3.8) is 0 Å². The highest BCUT2D eigenvalue weighted by molar-refractivity contribution is 7.89. The maximum Gasteiger partial charge on any atom is 0.243 e. The van der Waals surface area contributed by atoms with E-state index in [2.05, 4.69) is 4.90 Å². The second kappa shape index (κ2) is 7.67. The highest BCUT2D eigenvalue weighted by Gasteiger charge is 2.49. The second-order valence-electron chi connectivity index (χ2n) is 7.26. The highest BCUT2D eigenvalue weighted by atomic mass is 35.5. The molecule has 0 saturated carbocycles. The number of fused-ring (bicyclic) bond motifs is 1. The molecule has 2 aromatic carbocycles. The van der Waals surface area contributed by atoms with E-state index in [9.17, 15) is 21.6 Å². The minimum Gasteiger partial charge on any atom is -0.299 e. The first-order chi connectivity index (χ1) is 12.8. The maximum atomic E-state index is 13.7. The Morgan fingerprint density at radius 1 is 0.964 bits per heavy atom. The van der Waals surface area contributed by atoms with Gasteiger partial charge in [0, 0.05) is 25.7 Å². The van der Waals surface area contributed by atoms with Crippen molar-refractivity contribution < 1.29 is 21.6 Å². The lowest BCUT2D eigenvalue weighted by Gasteiger charge is -2.26. The van der Waals surface area contributed by atoms with Gasteiger partial charge in [0.15, 0.2) is 11.6 Å². The summed E-state index contributed by atoms with van der Waals surface area (Å²) < 4.78 is 67.4. The topological polar surface area (TPSA) is 40.6 Å². The summed E-state index contributed by atoms with van der Waals surface area (Å²) in [6, 6.07) is 8.89. The lowest BCUT2D eigenvalue weighted by molar-refractivity contribution is 0.260. The van der Waals surface area contributed by atoms with Crippen LogP contribution < -0.4 is 0 Å². The number of benzene rings is 2. The van der Waals surface area contributed by atoms with Crippen molar-refractivity contribution >= 4 is 22.4 Å². The Morgan fingerprint density at radius 2 is 1.71 bits per heavy atom. The van der Waals surface area contributed by atoms with Crippen molar-refractivity contribution in [2.24, 2.45) is 11.8 Å². The summed E-state index contributed by atoms with van der Waals surface area (Å²) in [4.78, 5) is 1.86. The molecule has 152 valence electrons. The highest BCUT2D eigenvalue weighted by Crippen LogP contribution is 2.45. The molecule has 0 N–H and O–H groups in total. The maximum absolute atomic E-state index is 13.7. The van der Waals surface area contributed by atoms with Crippen LogP contribution in [0.1, 0.15) is 11.6 Å². The molecule has 0 aliphatic carbocycles. The molecule has 0 bridgehead atoms. The number of nitrogens with zero attached hydrogens (tertiary/aromatic N) is 2. The monoisotopic (exact) mass is 432 g/mol. The summed E-state index contributed by atoms with van der Waals surface area (Å²) >= 11 is 0. The van der Waals surface area contributed by atoms with Gasteiger partial charge in [-0.05, 0) is 54.8 Å². The van der Waals surface area contributed by atoms with E-state index in [1.807, 2.05) is 13.1 Å². The van der Waals surface area contributed by atoms with Crippen molar-refractivity contribution in [2.45, 2.75) is 10.9 Å². The minimum absolute atomic E-state index is 0. The number of hydrogen-bond acceptors (Lipinski definition) is 3. The molecule has 9 heteroatoms. The molecule has 0 aromatic heterocycles. The smallest absolute Gasteiger partial charge is 0.243 e. The first kappa shape index (κ1) is 21.1. The fraction of sp³-hybridized carbons (Fsp3) is 0.368. The standard InChI is InChI=1S/C19H19F3N2O2S.ClH/c1-23-9-13-10-24(27(25,26)15-5-6-17(21)18(22)8-15)11-16(13)19(23)12-3-2-4-14(20)7-12;/h2-8,13,16,19H,9-11H2,1H3;1H/t13-,16+,19-;/m0./s1. The molecule has 0 spiro atoms. The number of halogens is 4. The van der Waals surface area contributed by atoms with Crippen LogP contribution >= 0.6 is 12.4 Å². The van der Waals surface area contributed by atoms with Crippen molar-refractivity contribution in [2.75, 3.05) is 26.7 Å². The normalized spacial score (nSPS) is 25.5. The fourth-order valence-electron chi connectivity index (χ4n) is 4.39. The Hall–Kier alpha value is -1.61. The van der Waals surface area contributed by atoms with Gasteiger partial charge >= 0.3 is 0 Å². The van der Waals surface area contributed by atoms with Crippen LogP contribution in [0.5, 0.6) is 0 Å². The molecule has 2 saturated heterocycles. The largest absolute Gasteiger partial charge is 0.299 e. The molecule has 3 atom stereocenters. The van der Waals surface area contributed by atoms with E-state index in [0.29, 0.717) is 13.1 Å². The van der Waals surface area contributed by atoms with Crippen LogP contribution in [0.25, 0.3) is 0 Å². The van der Waals surface area contributed by atoms with E-state index in [0.717, 1.165) is 23.8 Å². The zero-order chi connectivity index (χ0) is 19.3. The van der Waals surface area contributed by atoms with Crippen LogP contribution in [-0.2, 0) is 10.0 Å². The Kier molecular flexibility index (Phi) is 5.78. The lowest BCUT2D eigenvalue weighted by atomic mass is 9.89. The molecule has 0 radical (unpaired) electrons. The first-order valence-corrected chi connectivity index (χ1v) is 10.1. The van der Waals surface area contributed by atoms with Crippen molar-refractivity contribution in [1.82, 2.24) is 9.21 Å². The average molecular weight is 433 g/mol. The van der Waals surface area contributed by atoms with Gasteiger partial charge < -0.3 is 0 Å². The zero-order valence-corrected chi connectivity index (χ0v) is 16.7. The molecule has 0 amide bonds. The van der Waals surface area contributed by atoms with Crippen molar-refractivity contribution in [1.29, 1.82) is 0 Å². The molecule has 2 fully saturated rings. The summed E-state index contributed by atoms with van der Waals surface area (Å²) in [5.41, 5.74) is 0.817. The van der Waals surface area contributed by atoms with Gasteiger partial charge in [-0.15, -0.1) is 12.4 Å². The van der Waals surface area contributed by atoms with E-state index >= 15 is 0 Å². The molecule has 4 nitrogen and oxygen atoms in total. The fourth-order valence-corrected chi connectivity index (χ4v) is 5.94. The van der Waals surface area contributed by atoms with E-state index in [1.165, 1.54) is 16.4 Å². The third kappa shape index (κ3) is 3.54. The van der Waals surface area contributed by atoms with E-state index in [-0.39, 0.29) is 47.5 Å². The van der Waals surface area contributed by atoms with Gasteiger partial charge in [0.1, 0.15) is 5.82 Å². The predicted molar refractivity (Wildman–Crippen MR) is 101 cm³/mol. The average Bonchev–Trinajstić information content (AvgIpc) is 3.14. The second-order valence-corrected chi connectivity index (χ2v) is 9.20. The molecule has 2 aromatic rings. The van der Waals surface area contributed by atoms with Crippen LogP contribution in [0, 0.1) is 29.3 Å². The van der Waals surface area contributed by atoms with Crippen molar-refractivity contribution in [3.8, 4) is 0 Å². The number of sulfonamides is 1. The number of hydrogen-bond donors (Lipinski definition) is 0. The first-order valence-electron chi connectivity index (χ1n) is 8.68. The number of likely N-dealkylation sites (tertiary alicyclic amines) is 1. The van der Waals surface area contributed by atoms with E-state index in [1.54, 1.807) is 6.07 Å². The summed E-state index contributed by atoms with van der Waals surface area (Å²) in [6.45, 7) is 1.26. The summed E-state index contributed by atoms with van der Waals surface area (Å²) in [7, 11) is -1.97. The Morgan fingerprint density at radius 3 is 2.39 bits per heavy atom. The van der Waals surface area contributed by atoms with Crippen LogP contribution in [0.15, 0.2) is 47.4 Å². The van der Waals surface area contributed by atoms with Gasteiger partial charge in [-0.3, -0.25) is 4.90 Å². The Labute approximate surface area is 168 Å². The summed E-state index contributed by atoms with van der Waals surface area (Å²) in [5.74, 6) is -2.48. The molecule has 2 aliphatic heterocycles. The van der Waals surface area contributed by atoms with E-state index < -0.39 is 21.7 Å². The third-order valence-electron chi connectivity index (χ3n) is 5.58. The van der Waals surface area contributed by atoms with Crippen LogP contribution in [-0.4, -0.2) is 44.3 Å². The van der Waals surface area contributed by atoms with Gasteiger partial charge in [-0.2, -0.15) is 4.31 Å². The van der Waals surface area contributed by atoms with Gasteiger partial charge in [0.05, 0.1) is 4.90 Å². The van der Waals surface area contributed by atoms with Crippen molar-refractivity contribution in [3.05, 3.63) is 65.5 Å². The van der Waals surface area contributed by atoms with Gasteiger partial charge in [0.25, 0.3) is 0 Å². The zero-order valence-electron chi connectivity index (χ0n) is 15.1. The van der Waals surface area contributed by atoms with Crippen LogP contribution in [0.4, 0.5) is 13.2 Å². The molecular weight excluding hydrogens is 413 g/mol. The molecule has 0 unspecified atom stereocenters. The van der Waals surface area contributed by atoms with Gasteiger partial charge in [0.2, 0.25) is 10.0 Å². The summed E-state index contributed by atoms with van der Waals surface area (Å²) in [6.07, 6.45) is 0. The van der Waals surface area contributed by atoms with Crippen LogP contribution in [0.3, 0.4) is 0 Å². The quantitative estimate of drug-likeness (QED) is 0.746. The molecule has 28 heavy (non-hydrogen) atoms.